The molecule has 0 unspecified atom stereocenters. The van der Waals surface area contributed by atoms with E-state index in [1.807, 2.05) is 4.90 Å². The van der Waals surface area contributed by atoms with Crippen LogP contribution in [0.2, 0.25) is 0 Å². The summed E-state index contributed by atoms with van der Waals surface area (Å²) in [7, 11) is 0. The van der Waals surface area contributed by atoms with E-state index in [-0.39, 0.29) is 11.6 Å². The molecule has 2 aromatic rings. The summed E-state index contributed by atoms with van der Waals surface area (Å²) in [6.07, 6.45) is 3.09. The minimum atomic E-state index is -0.457. The molecule has 2 aromatic carbocycles. The largest absolute Gasteiger partial charge is 0.337 e. The minimum Gasteiger partial charge on any atom is -0.337 e. The van der Waals surface area contributed by atoms with Gasteiger partial charge in [0, 0.05) is 49.9 Å². The first-order chi connectivity index (χ1) is 13.1. The Morgan fingerprint density at radius 2 is 1.89 bits per heavy atom. The average Bonchev–Trinajstić information content (AvgIpc) is 2.73. The van der Waals surface area contributed by atoms with Gasteiger partial charge in [-0.2, -0.15) is 0 Å². The summed E-state index contributed by atoms with van der Waals surface area (Å²) in [4.78, 5) is 27.8. The number of carbonyl (C=O) groups is 1. The molecule has 0 radical (unpaired) electrons. The lowest BCUT2D eigenvalue weighted by Crippen LogP contribution is -2.51. The normalized spacial score (nSPS) is 20.1. The van der Waals surface area contributed by atoms with Crippen LogP contribution in [-0.4, -0.2) is 46.3 Å². The van der Waals surface area contributed by atoms with Gasteiger partial charge in [-0.25, -0.2) is 0 Å². The summed E-state index contributed by atoms with van der Waals surface area (Å²) in [5.41, 5.74) is 3.16. The van der Waals surface area contributed by atoms with Gasteiger partial charge in [-0.15, -0.1) is 0 Å². The molecule has 4 rings (SSSR count). The summed E-state index contributed by atoms with van der Waals surface area (Å²) >= 11 is 0. The lowest BCUT2D eigenvalue weighted by molar-refractivity contribution is -0.384. The second-order valence-corrected chi connectivity index (χ2v) is 7.34. The predicted octanol–water partition coefficient (Wildman–Crippen LogP) is 3.26. The molecule has 0 spiro atoms. The summed E-state index contributed by atoms with van der Waals surface area (Å²) in [6, 6.07) is 14.9. The molecule has 0 aromatic heterocycles. The van der Waals surface area contributed by atoms with Crippen LogP contribution >= 0.6 is 0 Å². The standard InChI is InChI=1S/C21H23N3O3/c25-21(17-7-3-8-19(13-17)24(26)27)23-11-4-9-20(15-23)22-12-10-16-5-1-2-6-18(16)14-22/h1-3,5-8,13,20H,4,9-12,14-15H2/t20-/m1/s1. The SMILES string of the molecule is O=C(c1cccc([N+](=O)[O-])c1)N1CCC[C@@H](N2CCc3ccccc3C2)C1. The maximum atomic E-state index is 12.9. The Balaban J connectivity index is 1.46. The van der Waals surface area contributed by atoms with Gasteiger partial charge in [0.05, 0.1) is 4.92 Å². The van der Waals surface area contributed by atoms with Crippen LogP contribution in [0.5, 0.6) is 0 Å². The van der Waals surface area contributed by atoms with Crippen molar-refractivity contribution in [1.82, 2.24) is 9.80 Å². The number of hydrogen-bond acceptors (Lipinski definition) is 4. The van der Waals surface area contributed by atoms with E-state index in [2.05, 4.69) is 29.2 Å². The van der Waals surface area contributed by atoms with Gasteiger partial charge in [0.2, 0.25) is 0 Å². The van der Waals surface area contributed by atoms with E-state index in [0.717, 1.165) is 32.4 Å². The molecule has 0 saturated carbocycles. The molecule has 2 heterocycles. The van der Waals surface area contributed by atoms with Crippen molar-refractivity contribution in [3.63, 3.8) is 0 Å². The third-order valence-electron chi connectivity index (χ3n) is 5.66. The highest BCUT2D eigenvalue weighted by Gasteiger charge is 2.30. The van der Waals surface area contributed by atoms with Crippen LogP contribution in [0.25, 0.3) is 0 Å². The number of piperidine rings is 1. The maximum absolute atomic E-state index is 12.9. The van der Waals surface area contributed by atoms with Gasteiger partial charge in [0.1, 0.15) is 0 Å². The number of fused-ring (bicyclic) bond motifs is 1. The Labute approximate surface area is 158 Å². The molecule has 0 aliphatic carbocycles. The molecule has 2 aliphatic heterocycles. The van der Waals surface area contributed by atoms with Crippen LogP contribution in [0, 0.1) is 10.1 Å². The summed E-state index contributed by atoms with van der Waals surface area (Å²) < 4.78 is 0. The van der Waals surface area contributed by atoms with Crippen LogP contribution in [0.1, 0.15) is 34.3 Å². The third kappa shape index (κ3) is 3.71. The summed E-state index contributed by atoms with van der Waals surface area (Å²) in [5.74, 6) is -0.110. The molecule has 0 N–H and O–H groups in total. The van der Waals surface area contributed by atoms with Crippen LogP contribution in [0.4, 0.5) is 5.69 Å². The number of hydrogen-bond donors (Lipinski definition) is 0. The van der Waals surface area contributed by atoms with Crippen LogP contribution in [0.15, 0.2) is 48.5 Å². The van der Waals surface area contributed by atoms with E-state index in [0.29, 0.717) is 24.7 Å². The lowest BCUT2D eigenvalue weighted by Gasteiger charge is -2.41. The van der Waals surface area contributed by atoms with E-state index in [1.165, 1.54) is 23.3 Å². The highest BCUT2D eigenvalue weighted by atomic mass is 16.6. The fraction of sp³-hybridized carbons (Fsp3) is 0.381. The molecular weight excluding hydrogens is 342 g/mol. The van der Waals surface area contributed by atoms with Crippen molar-refractivity contribution >= 4 is 11.6 Å². The molecule has 2 aliphatic rings. The molecular formula is C21H23N3O3. The van der Waals surface area contributed by atoms with E-state index < -0.39 is 4.92 Å². The van der Waals surface area contributed by atoms with Gasteiger partial charge in [-0.1, -0.05) is 30.3 Å². The number of non-ortho nitro benzene ring substituents is 1. The lowest BCUT2D eigenvalue weighted by atomic mass is 9.95. The number of amides is 1. The Kier molecular flexibility index (Phi) is 4.90. The first-order valence-corrected chi connectivity index (χ1v) is 9.46. The number of carbonyl (C=O) groups excluding carboxylic acids is 1. The van der Waals surface area contributed by atoms with Crippen molar-refractivity contribution in [3.05, 3.63) is 75.3 Å². The Morgan fingerprint density at radius 1 is 1.07 bits per heavy atom. The number of benzene rings is 2. The molecule has 6 nitrogen and oxygen atoms in total. The van der Waals surface area contributed by atoms with E-state index in [1.54, 1.807) is 12.1 Å². The van der Waals surface area contributed by atoms with Crippen molar-refractivity contribution < 1.29 is 9.72 Å². The van der Waals surface area contributed by atoms with Gasteiger partial charge in [0.25, 0.3) is 11.6 Å². The van der Waals surface area contributed by atoms with E-state index >= 15 is 0 Å². The zero-order chi connectivity index (χ0) is 18.8. The summed E-state index contributed by atoms with van der Waals surface area (Å²) in [6.45, 7) is 3.34. The number of nitrogens with zero attached hydrogens (tertiary/aromatic N) is 3. The number of likely N-dealkylation sites (tertiary alicyclic amines) is 1. The van der Waals surface area contributed by atoms with Crippen molar-refractivity contribution in [1.29, 1.82) is 0 Å². The monoisotopic (exact) mass is 365 g/mol. The van der Waals surface area contributed by atoms with E-state index in [9.17, 15) is 14.9 Å². The van der Waals surface area contributed by atoms with Gasteiger partial charge in [0.15, 0.2) is 0 Å². The molecule has 1 amide bonds. The Hall–Kier alpha value is -2.73. The topological polar surface area (TPSA) is 66.7 Å². The Morgan fingerprint density at radius 3 is 2.70 bits per heavy atom. The van der Waals surface area contributed by atoms with Crippen molar-refractivity contribution in [2.75, 3.05) is 19.6 Å². The summed E-state index contributed by atoms with van der Waals surface area (Å²) in [5, 5.41) is 11.0. The highest BCUT2D eigenvalue weighted by molar-refractivity contribution is 5.94. The molecule has 1 atom stereocenters. The second kappa shape index (κ2) is 7.48. The molecule has 1 saturated heterocycles. The quantitative estimate of drug-likeness (QED) is 0.619. The number of rotatable bonds is 3. The van der Waals surface area contributed by atoms with Gasteiger partial charge in [-0.05, 0) is 36.5 Å². The Bertz CT molecular complexity index is 867. The predicted molar refractivity (Wildman–Crippen MR) is 103 cm³/mol. The smallest absolute Gasteiger partial charge is 0.270 e. The minimum absolute atomic E-state index is 0.0398. The molecule has 0 bridgehead atoms. The zero-order valence-electron chi connectivity index (χ0n) is 15.2. The molecule has 27 heavy (non-hydrogen) atoms. The highest BCUT2D eigenvalue weighted by Crippen LogP contribution is 2.25. The van der Waals surface area contributed by atoms with Gasteiger partial charge >= 0.3 is 0 Å². The van der Waals surface area contributed by atoms with Crippen molar-refractivity contribution in [2.24, 2.45) is 0 Å². The maximum Gasteiger partial charge on any atom is 0.270 e. The first kappa shape index (κ1) is 17.7. The fourth-order valence-corrected chi connectivity index (χ4v) is 4.20. The van der Waals surface area contributed by atoms with Crippen molar-refractivity contribution in [2.45, 2.75) is 31.8 Å². The molecule has 1 fully saturated rings. The second-order valence-electron chi connectivity index (χ2n) is 7.34. The zero-order valence-corrected chi connectivity index (χ0v) is 15.2. The van der Waals surface area contributed by atoms with Gasteiger partial charge < -0.3 is 4.90 Å². The molecule has 140 valence electrons. The molecule has 6 heteroatoms. The number of nitro groups is 1. The van der Waals surface area contributed by atoms with Crippen LogP contribution < -0.4 is 0 Å². The third-order valence-corrected chi connectivity index (χ3v) is 5.66. The van der Waals surface area contributed by atoms with Crippen LogP contribution in [0.3, 0.4) is 0 Å². The van der Waals surface area contributed by atoms with Crippen LogP contribution in [-0.2, 0) is 13.0 Å². The first-order valence-electron chi connectivity index (χ1n) is 9.46. The average molecular weight is 365 g/mol. The van der Waals surface area contributed by atoms with Gasteiger partial charge in [-0.3, -0.25) is 19.8 Å². The fourth-order valence-electron chi connectivity index (χ4n) is 4.20. The van der Waals surface area contributed by atoms with Crippen molar-refractivity contribution in [3.8, 4) is 0 Å². The van der Waals surface area contributed by atoms with E-state index in [4.69, 9.17) is 0 Å². The number of nitro benzene ring substituents is 1.